The Hall–Kier alpha value is -3.34. The summed E-state index contributed by atoms with van der Waals surface area (Å²) >= 11 is 0. The Morgan fingerprint density at radius 1 is 1.04 bits per heavy atom. The summed E-state index contributed by atoms with van der Waals surface area (Å²) in [5.41, 5.74) is 4.19. The molecule has 2 heterocycles. The van der Waals surface area contributed by atoms with Gasteiger partial charge in [-0.05, 0) is 43.7 Å². The molecule has 0 aliphatic rings. The van der Waals surface area contributed by atoms with E-state index in [2.05, 4.69) is 35.4 Å². The molecular formula is C22H22N4O. The van der Waals surface area contributed by atoms with Gasteiger partial charge >= 0.3 is 0 Å². The topological polar surface area (TPSA) is 52.0 Å². The number of nitrogens with zero attached hydrogens (tertiary/aromatic N) is 3. The van der Waals surface area contributed by atoms with Crippen molar-refractivity contribution in [3.05, 3.63) is 78.1 Å². The number of anilines is 1. The van der Waals surface area contributed by atoms with E-state index in [4.69, 9.17) is 9.84 Å². The first-order valence-electron chi connectivity index (χ1n) is 8.97. The van der Waals surface area contributed by atoms with Crippen LogP contribution < -0.4 is 10.1 Å². The Balaban J connectivity index is 1.70. The average molecular weight is 358 g/mol. The van der Waals surface area contributed by atoms with Crippen LogP contribution in [0.25, 0.3) is 16.6 Å². The highest BCUT2D eigenvalue weighted by Gasteiger charge is 2.12. The number of hydrogen-bond donors (Lipinski definition) is 1. The molecule has 2 aromatic carbocycles. The molecule has 0 spiro atoms. The van der Waals surface area contributed by atoms with Crippen LogP contribution in [0.2, 0.25) is 0 Å². The maximum Gasteiger partial charge on any atom is 0.128 e. The lowest BCUT2D eigenvalue weighted by Gasteiger charge is -2.15. The van der Waals surface area contributed by atoms with Crippen molar-refractivity contribution in [2.45, 2.75) is 19.9 Å². The first-order valence-corrected chi connectivity index (χ1v) is 8.97. The molecule has 0 bridgehead atoms. The highest BCUT2D eigenvalue weighted by Crippen LogP contribution is 2.26. The number of aryl methyl sites for hydroxylation is 1. The van der Waals surface area contributed by atoms with Crippen molar-refractivity contribution in [3.63, 3.8) is 0 Å². The summed E-state index contributed by atoms with van der Waals surface area (Å²) in [6.07, 6.45) is 1.89. The van der Waals surface area contributed by atoms with Gasteiger partial charge in [-0.3, -0.25) is 0 Å². The first kappa shape index (κ1) is 17.1. The van der Waals surface area contributed by atoms with E-state index in [1.807, 2.05) is 60.3 Å². The molecule has 27 heavy (non-hydrogen) atoms. The summed E-state index contributed by atoms with van der Waals surface area (Å²) in [5, 5.41) is 9.23. The zero-order valence-corrected chi connectivity index (χ0v) is 15.7. The van der Waals surface area contributed by atoms with Crippen LogP contribution in [0.15, 0.2) is 66.9 Å². The van der Waals surface area contributed by atoms with Gasteiger partial charge in [0.2, 0.25) is 0 Å². The third-order valence-electron chi connectivity index (χ3n) is 4.73. The molecule has 0 saturated carbocycles. The molecule has 136 valence electrons. The molecule has 0 amide bonds. The SMILES string of the molecule is COc1ccc(-n2nc(C)c3cnc(N[C@@H](C)c4ccccc4)cc32)cc1. The van der Waals surface area contributed by atoms with E-state index in [0.29, 0.717) is 0 Å². The standard InChI is InChI=1S/C22H22N4O/c1-15(17-7-5-4-6-8-17)24-22-13-21-20(14-23-22)16(2)25-26(21)18-9-11-19(27-3)12-10-18/h4-15H,1-3H3,(H,23,24)/t15-/m0/s1. The lowest BCUT2D eigenvalue weighted by atomic mass is 10.1. The van der Waals surface area contributed by atoms with Crippen LogP contribution in [0.5, 0.6) is 5.75 Å². The summed E-state index contributed by atoms with van der Waals surface area (Å²) in [6.45, 7) is 4.14. The number of rotatable bonds is 5. The fourth-order valence-electron chi connectivity index (χ4n) is 3.20. The highest BCUT2D eigenvalue weighted by atomic mass is 16.5. The molecule has 0 unspecified atom stereocenters. The fraction of sp³-hybridized carbons (Fsp3) is 0.182. The monoisotopic (exact) mass is 358 g/mol. The summed E-state index contributed by atoms with van der Waals surface area (Å²) in [6, 6.07) is 20.5. The van der Waals surface area contributed by atoms with Crippen molar-refractivity contribution >= 4 is 16.7 Å². The molecule has 2 aromatic heterocycles. The van der Waals surface area contributed by atoms with Crippen LogP contribution in [-0.2, 0) is 0 Å². The normalized spacial score (nSPS) is 12.1. The molecule has 0 fully saturated rings. The van der Waals surface area contributed by atoms with E-state index in [1.165, 1.54) is 5.56 Å². The second kappa shape index (κ2) is 7.11. The zero-order valence-electron chi connectivity index (χ0n) is 15.7. The maximum absolute atomic E-state index is 5.25. The van der Waals surface area contributed by atoms with Gasteiger partial charge < -0.3 is 10.1 Å². The van der Waals surface area contributed by atoms with E-state index in [1.54, 1.807) is 7.11 Å². The number of methoxy groups -OCH3 is 1. The maximum atomic E-state index is 5.25. The van der Waals surface area contributed by atoms with Crippen LogP contribution in [0.1, 0.15) is 24.2 Å². The Labute approximate surface area is 158 Å². The molecule has 0 aliphatic carbocycles. The molecule has 1 atom stereocenters. The number of ether oxygens (including phenoxy) is 1. The number of fused-ring (bicyclic) bond motifs is 1. The van der Waals surface area contributed by atoms with E-state index >= 15 is 0 Å². The molecule has 0 radical (unpaired) electrons. The Kier molecular flexibility index (Phi) is 4.50. The Morgan fingerprint density at radius 2 is 1.78 bits per heavy atom. The molecule has 1 N–H and O–H groups in total. The lowest BCUT2D eigenvalue weighted by molar-refractivity contribution is 0.414. The predicted octanol–water partition coefficient (Wildman–Crippen LogP) is 4.91. The van der Waals surface area contributed by atoms with E-state index in [0.717, 1.165) is 33.9 Å². The second-order valence-electron chi connectivity index (χ2n) is 6.56. The van der Waals surface area contributed by atoms with Crippen LogP contribution in [0.4, 0.5) is 5.82 Å². The van der Waals surface area contributed by atoms with Crippen molar-refractivity contribution in [1.82, 2.24) is 14.8 Å². The van der Waals surface area contributed by atoms with E-state index in [9.17, 15) is 0 Å². The van der Waals surface area contributed by atoms with Gasteiger partial charge in [-0.1, -0.05) is 30.3 Å². The molecule has 5 heteroatoms. The smallest absolute Gasteiger partial charge is 0.128 e. The van der Waals surface area contributed by atoms with Gasteiger partial charge in [0.05, 0.1) is 24.0 Å². The first-order chi connectivity index (χ1) is 13.2. The van der Waals surface area contributed by atoms with Crippen molar-refractivity contribution in [2.75, 3.05) is 12.4 Å². The third kappa shape index (κ3) is 3.36. The number of hydrogen-bond acceptors (Lipinski definition) is 4. The molecule has 5 nitrogen and oxygen atoms in total. The predicted molar refractivity (Wildman–Crippen MR) is 109 cm³/mol. The number of benzene rings is 2. The van der Waals surface area contributed by atoms with Crippen molar-refractivity contribution in [1.29, 1.82) is 0 Å². The van der Waals surface area contributed by atoms with Gasteiger partial charge in [-0.25, -0.2) is 9.67 Å². The quantitative estimate of drug-likeness (QED) is 0.551. The van der Waals surface area contributed by atoms with Gasteiger partial charge in [0.25, 0.3) is 0 Å². The summed E-state index contributed by atoms with van der Waals surface area (Å²) in [7, 11) is 1.67. The largest absolute Gasteiger partial charge is 0.497 e. The van der Waals surface area contributed by atoms with E-state index in [-0.39, 0.29) is 6.04 Å². The van der Waals surface area contributed by atoms with E-state index < -0.39 is 0 Å². The fourth-order valence-corrected chi connectivity index (χ4v) is 3.20. The highest BCUT2D eigenvalue weighted by molar-refractivity contribution is 5.84. The average Bonchev–Trinajstić information content (AvgIpc) is 3.04. The third-order valence-corrected chi connectivity index (χ3v) is 4.73. The van der Waals surface area contributed by atoms with Crippen molar-refractivity contribution < 1.29 is 4.74 Å². The van der Waals surface area contributed by atoms with Gasteiger partial charge in [0, 0.05) is 23.7 Å². The summed E-state index contributed by atoms with van der Waals surface area (Å²) < 4.78 is 7.20. The van der Waals surface area contributed by atoms with Gasteiger partial charge in [0.1, 0.15) is 11.6 Å². The second-order valence-corrected chi connectivity index (χ2v) is 6.56. The van der Waals surface area contributed by atoms with Crippen LogP contribution in [-0.4, -0.2) is 21.9 Å². The Morgan fingerprint density at radius 3 is 2.48 bits per heavy atom. The minimum Gasteiger partial charge on any atom is -0.497 e. The van der Waals surface area contributed by atoms with Crippen molar-refractivity contribution in [3.8, 4) is 11.4 Å². The number of aromatic nitrogens is 3. The molecular weight excluding hydrogens is 336 g/mol. The molecule has 4 aromatic rings. The minimum atomic E-state index is 0.162. The molecule has 0 aliphatic heterocycles. The van der Waals surface area contributed by atoms with Gasteiger partial charge in [-0.15, -0.1) is 0 Å². The number of nitrogens with one attached hydrogen (secondary N) is 1. The summed E-state index contributed by atoms with van der Waals surface area (Å²) in [4.78, 5) is 4.58. The van der Waals surface area contributed by atoms with Gasteiger partial charge in [-0.2, -0.15) is 5.10 Å². The van der Waals surface area contributed by atoms with Gasteiger partial charge in [0.15, 0.2) is 0 Å². The minimum absolute atomic E-state index is 0.162. The van der Waals surface area contributed by atoms with Crippen LogP contribution in [0.3, 0.4) is 0 Å². The van der Waals surface area contributed by atoms with Crippen molar-refractivity contribution in [2.24, 2.45) is 0 Å². The molecule has 0 saturated heterocycles. The zero-order chi connectivity index (χ0) is 18.8. The summed E-state index contributed by atoms with van der Waals surface area (Å²) in [5.74, 6) is 1.65. The number of pyridine rings is 1. The lowest BCUT2D eigenvalue weighted by Crippen LogP contribution is -2.07. The van der Waals surface area contributed by atoms with Crippen LogP contribution >= 0.6 is 0 Å². The Bertz CT molecular complexity index is 1060. The van der Waals surface area contributed by atoms with Crippen LogP contribution in [0, 0.1) is 6.92 Å². The molecule has 4 rings (SSSR count).